The van der Waals surface area contributed by atoms with Crippen molar-refractivity contribution < 1.29 is 10.2 Å². The number of halogens is 1. The monoisotopic (exact) mass is 265 g/mol. The van der Waals surface area contributed by atoms with Gasteiger partial charge in [-0.1, -0.05) is 36.4 Å². The molecule has 0 unspecified atom stereocenters. The van der Waals surface area contributed by atoms with Crippen molar-refractivity contribution in [2.75, 3.05) is 0 Å². The van der Waals surface area contributed by atoms with Crippen molar-refractivity contribution in [3.8, 4) is 11.5 Å². The molecule has 3 N–H and O–H groups in total. The summed E-state index contributed by atoms with van der Waals surface area (Å²) in [6.45, 7) is 1.14. The summed E-state index contributed by atoms with van der Waals surface area (Å²) < 4.78 is 0. The summed E-state index contributed by atoms with van der Waals surface area (Å²) in [6.07, 6.45) is 0. The van der Waals surface area contributed by atoms with E-state index in [2.05, 4.69) is 5.32 Å². The van der Waals surface area contributed by atoms with Crippen LogP contribution in [-0.2, 0) is 13.1 Å². The summed E-state index contributed by atoms with van der Waals surface area (Å²) in [5, 5.41) is 22.3. The van der Waals surface area contributed by atoms with Gasteiger partial charge in [-0.05, 0) is 12.1 Å². The summed E-state index contributed by atoms with van der Waals surface area (Å²) in [7, 11) is 0. The van der Waals surface area contributed by atoms with Crippen molar-refractivity contribution in [2.24, 2.45) is 0 Å². The highest BCUT2D eigenvalue weighted by atomic mass is 35.5. The van der Waals surface area contributed by atoms with Gasteiger partial charge in [-0.25, -0.2) is 0 Å². The number of rotatable bonds is 4. The lowest BCUT2D eigenvalue weighted by Crippen LogP contribution is -2.12. The fraction of sp³-hybridized carbons (Fsp3) is 0.143. The molecule has 0 radical (unpaired) electrons. The Balaban J connectivity index is 0.00000162. The smallest absolute Gasteiger partial charge is 0.120 e. The Kier molecular flexibility index (Phi) is 5.49. The van der Waals surface area contributed by atoms with Crippen molar-refractivity contribution >= 4 is 12.4 Å². The van der Waals surface area contributed by atoms with E-state index in [1.54, 1.807) is 24.3 Å². The number of phenolic OH excluding ortho intramolecular Hbond substituents is 2. The summed E-state index contributed by atoms with van der Waals surface area (Å²) in [6, 6.07) is 14.4. The Hall–Kier alpha value is -1.71. The molecule has 2 aromatic rings. The van der Waals surface area contributed by atoms with Gasteiger partial charge in [0.15, 0.2) is 0 Å². The second-order valence-corrected chi connectivity index (χ2v) is 3.86. The van der Waals surface area contributed by atoms with Crippen LogP contribution in [0.5, 0.6) is 11.5 Å². The fourth-order valence-corrected chi connectivity index (χ4v) is 1.65. The predicted molar refractivity (Wildman–Crippen MR) is 74.0 cm³/mol. The minimum Gasteiger partial charge on any atom is -0.508 e. The zero-order valence-electron chi connectivity index (χ0n) is 9.84. The van der Waals surface area contributed by atoms with Crippen LogP contribution in [0.4, 0.5) is 0 Å². The average molecular weight is 266 g/mol. The third kappa shape index (κ3) is 3.65. The highest BCUT2D eigenvalue weighted by molar-refractivity contribution is 5.85. The maximum atomic E-state index is 9.57. The van der Waals surface area contributed by atoms with Gasteiger partial charge in [0.25, 0.3) is 0 Å². The number of nitrogens with one attached hydrogen (secondary N) is 1. The molecule has 0 saturated carbocycles. The van der Waals surface area contributed by atoms with E-state index in [0.717, 1.165) is 11.1 Å². The Morgan fingerprint density at radius 1 is 0.722 bits per heavy atom. The standard InChI is InChI=1S/C14H15NO2.ClH/c16-13-7-3-1-5-11(13)9-15-10-12-6-2-4-8-14(12)17;/h1-8,15-17H,9-10H2;1H. The van der Waals surface area contributed by atoms with Crippen LogP contribution < -0.4 is 5.32 Å². The van der Waals surface area contributed by atoms with Gasteiger partial charge in [0, 0.05) is 24.2 Å². The fourth-order valence-electron chi connectivity index (χ4n) is 1.65. The molecule has 0 bridgehead atoms. The normalized spacial score (nSPS) is 9.78. The van der Waals surface area contributed by atoms with Gasteiger partial charge in [-0.3, -0.25) is 0 Å². The molecule has 2 rings (SSSR count). The van der Waals surface area contributed by atoms with Crippen LogP contribution in [0.1, 0.15) is 11.1 Å². The molecule has 0 aliphatic heterocycles. The Morgan fingerprint density at radius 2 is 1.11 bits per heavy atom. The van der Waals surface area contributed by atoms with Crippen LogP contribution in [0.25, 0.3) is 0 Å². The number of hydrogen-bond donors (Lipinski definition) is 3. The Labute approximate surface area is 113 Å². The summed E-state index contributed by atoms with van der Waals surface area (Å²) >= 11 is 0. The van der Waals surface area contributed by atoms with Crippen molar-refractivity contribution in [2.45, 2.75) is 13.1 Å². The second kappa shape index (κ2) is 6.89. The third-order valence-corrected chi connectivity index (χ3v) is 2.61. The summed E-state index contributed by atoms with van der Waals surface area (Å²) in [4.78, 5) is 0. The van der Waals surface area contributed by atoms with E-state index >= 15 is 0 Å². The van der Waals surface area contributed by atoms with Crippen LogP contribution in [0, 0.1) is 0 Å². The molecule has 0 heterocycles. The molecular formula is C14H16ClNO2. The van der Waals surface area contributed by atoms with Crippen molar-refractivity contribution in [1.82, 2.24) is 5.32 Å². The minimum absolute atomic E-state index is 0. The topological polar surface area (TPSA) is 52.5 Å². The van der Waals surface area contributed by atoms with Gasteiger partial charge >= 0.3 is 0 Å². The molecule has 0 amide bonds. The number of benzene rings is 2. The summed E-state index contributed by atoms with van der Waals surface area (Å²) in [5.41, 5.74) is 1.70. The SMILES string of the molecule is Cl.Oc1ccccc1CNCc1ccccc1O. The number of para-hydroxylation sites is 2. The van der Waals surface area contributed by atoms with Gasteiger partial charge in [0.2, 0.25) is 0 Å². The summed E-state index contributed by atoms with van der Waals surface area (Å²) in [5.74, 6) is 0.578. The van der Waals surface area contributed by atoms with Crippen LogP contribution in [-0.4, -0.2) is 10.2 Å². The van der Waals surface area contributed by atoms with E-state index in [0.29, 0.717) is 13.1 Å². The zero-order valence-corrected chi connectivity index (χ0v) is 10.7. The van der Waals surface area contributed by atoms with Crippen molar-refractivity contribution in [3.63, 3.8) is 0 Å². The molecule has 0 fully saturated rings. The molecule has 0 aliphatic carbocycles. The minimum atomic E-state index is 0. The number of aromatic hydroxyl groups is 2. The molecule has 3 nitrogen and oxygen atoms in total. The number of hydrogen-bond acceptors (Lipinski definition) is 3. The molecule has 0 aromatic heterocycles. The molecule has 0 saturated heterocycles. The van der Waals surface area contributed by atoms with E-state index in [-0.39, 0.29) is 23.9 Å². The third-order valence-electron chi connectivity index (χ3n) is 2.61. The average Bonchev–Trinajstić information content (AvgIpc) is 2.34. The van der Waals surface area contributed by atoms with Crippen LogP contribution in [0.15, 0.2) is 48.5 Å². The van der Waals surface area contributed by atoms with E-state index < -0.39 is 0 Å². The second-order valence-electron chi connectivity index (χ2n) is 3.86. The molecule has 0 spiro atoms. The Bertz CT molecular complexity index is 457. The van der Waals surface area contributed by atoms with Crippen LogP contribution >= 0.6 is 12.4 Å². The highest BCUT2D eigenvalue weighted by Gasteiger charge is 2.01. The lowest BCUT2D eigenvalue weighted by atomic mass is 10.1. The maximum absolute atomic E-state index is 9.57. The molecular weight excluding hydrogens is 250 g/mol. The molecule has 96 valence electrons. The molecule has 2 aromatic carbocycles. The first-order valence-electron chi connectivity index (χ1n) is 5.52. The lowest BCUT2D eigenvalue weighted by Gasteiger charge is -2.07. The van der Waals surface area contributed by atoms with Crippen LogP contribution in [0.3, 0.4) is 0 Å². The van der Waals surface area contributed by atoms with E-state index in [9.17, 15) is 10.2 Å². The highest BCUT2D eigenvalue weighted by Crippen LogP contribution is 2.17. The maximum Gasteiger partial charge on any atom is 0.120 e. The zero-order chi connectivity index (χ0) is 12.1. The first-order valence-corrected chi connectivity index (χ1v) is 5.52. The van der Waals surface area contributed by atoms with Crippen LogP contribution in [0.2, 0.25) is 0 Å². The molecule has 0 aliphatic rings. The first kappa shape index (κ1) is 14.4. The quantitative estimate of drug-likeness (QED) is 0.797. The first-order chi connectivity index (χ1) is 8.27. The Morgan fingerprint density at radius 3 is 1.50 bits per heavy atom. The molecule has 4 heteroatoms. The largest absolute Gasteiger partial charge is 0.508 e. The van der Waals surface area contributed by atoms with Crippen molar-refractivity contribution in [1.29, 1.82) is 0 Å². The molecule has 0 atom stereocenters. The van der Waals surface area contributed by atoms with Gasteiger partial charge in [0.1, 0.15) is 11.5 Å². The van der Waals surface area contributed by atoms with Gasteiger partial charge < -0.3 is 15.5 Å². The predicted octanol–water partition coefficient (Wildman–Crippen LogP) is 2.81. The number of phenols is 2. The van der Waals surface area contributed by atoms with Gasteiger partial charge in [0.05, 0.1) is 0 Å². The van der Waals surface area contributed by atoms with E-state index in [4.69, 9.17) is 0 Å². The van der Waals surface area contributed by atoms with Crippen molar-refractivity contribution in [3.05, 3.63) is 59.7 Å². The lowest BCUT2D eigenvalue weighted by molar-refractivity contribution is 0.458. The molecule has 18 heavy (non-hydrogen) atoms. The van der Waals surface area contributed by atoms with Gasteiger partial charge in [-0.2, -0.15) is 0 Å². The van der Waals surface area contributed by atoms with E-state index in [1.165, 1.54) is 0 Å². The van der Waals surface area contributed by atoms with Gasteiger partial charge in [-0.15, -0.1) is 12.4 Å². The van der Waals surface area contributed by atoms with E-state index in [1.807, 2.05) is 24.3 Å².